The van der Waals surface area contributed by atoms with Crippen LogP contribution in [0, 0.1) is 0 Å². The second-order valence-corrected chi connectivity index (χ2v) is 4.92. The molecule has 1 aromatic heterocycles. The molecule has 0 bridgehead atoms. The molecule has 0 aromatic carbocycles. The largest absolute Gasteiger partial charge is 0.507 e. The average Bonchev–Trinajstić information content (AvgIpc) is 2.78. The van der Waals surface area contributed by atoms with E-state index in [0.29, 0.717) is 0 Å². The van der Waals surface area contributed by atoms with Crippen LogP contribution >= 0.6 is 23.1 Å². The first-order valence-corrected chi connectivity index (χ1v) is 6.90. The number of aliphatic hydroxyl groups is 1. The Balaban J connectivity index is 3.00. The Kier molecular flexibility index (Phi) is 5.18. The molecule has 0 fully saturated rings. The number of thioether (sulfide) groups is 1. The molecule has 0 aliphatic carbocycles. The van der Waals surface area contributed by atoms with Crippen molar-refractivity contribution in [2.75, 3.05) is 6.26 Å². The summed E-state index contributed by atoms with van der Waals surface area (Å²) in [5.41, 5.74) is -0.162. The Bertz CT molecular complexity index is 470. The third kappa shape index (κ3) is 3.87. The van der Waals surface area contributed by atoms with Gasteiger partial charge in [-0.3, -0.25) is 9.59 Å². The van der Waals surface area contributed by atoms with Crippen LogP contribution in [0.2, 0.25) is 0 Å². The second kappa shape index (κ2) is 6.42. The molecule has 5 heteroatoms. The lowest BCUT2D eigenvalue weighted by Gasteiger charge is -2.01. The van der Waals surface area contributed by atoms with Crippen molar-refractivity contribution in [2.45, 2.75) is 6.92 Å². The summed E-state index contributed by atoms with van der Waals surface area (Å²) in [6.07, 6.45) is 4.61. The summed E-state index contributed by atoms with van der Waals surface area (Å²) in [5, 5.41) is 11.2. The standard InChI is InChI=1S/C12H12O3S2/c1-8(13)11(12(15)16-2)10(14)6-5-9-4-3-7-17-9/h3-7,14H,1-2H3/b6-5+,11-10+. The Hall–Kier alpha value is -1.33. The van der Waals surface area contributed by atoms with Gasteiger partial charge in [-0.1, -0.05) is 17.8 Å². The molecule has 0 atom stereocenters. The molecule has 0 unspecified atom stereocenters. The first kappa shape index (κ1) is 13.7. The Morgan fingerprint density at radius 3 is 2.65 bits per heavy atom. The molecule has 0 aliphatic rings. The predicted octanol–water partition coefficient (Wildman–Crippen LogP) is 3.05. The third-order valence-electron chi connectivity index (χ3n) is 1.95. The number of allylic oxidation sites excluding steroid dienone is 1. The molecular weight excluding hydrogens is 256 g/mol. The van der Waals surface area contributed by atoms with Crippen molar-refractivity contribution in [1.29, 1.82) is 0 Å². The number of hydrogen-bond donors (Lipinski definition) is 1. The van der Waals surface area contributed by atoms with E-state index in [9.17, 15) is 14.7 Å². The highest BCUT2D eigenvalue weighted by molar-refractivity contribution is 8.13. The predicted molar refractivity (Wildman–Crippen MR) is 72.2 cm³/mol. The van der Waals surface area contributed by atoms with Gasteiger partial charge in [-0.05, 0) is 36.8 Å². The van der Waals surface area contributed by atoms with Gasteiger partial charge in [0.05, 0.1) is 0 Å². The maximum absolute atomic E-state index is 11.4. The number of aliphatic hydroxyl groups excluding tert-OH is 1. The molecule has 0 aliphatic heterocycles. The van der Waals surface area contributed by atoms with Crippen LogP contribution in [-0.4, -0.2) is 22.3 Å². The molecular formula is C12H12O3S2. The van der Waals surface area contributed by atoms with Crippen LogP contribution in [0.25, 0.3) is 6.08 Å². The highest BCUT2D eigenvalue weighted by Crippen LogP contribution is 2.16. The van der Waals surface area contributed by atoms with Crippen LogP contribution in [0.3, 0.4) is 0 Å². The van der Waals surface area contributed by atoms with Crippen molar-refractivity contribution in [1.82, 2.24) is 0 Å². The van der Waals surface area contributed by atoms with Gasteiger partial charge in [0, 0.05) is 4.88 Å². The first-order valence-electron chi connectivity index (χ1n) is 4.80. The van der Waals surface area contributed by atoms with Gasteiger partial charge in [-0.25, -0.2) is 0 Å². The van der Waals surface area contributed by atoms with Crippen LogP contribution < -0.4 is 0 Å². The normalized spacial score (nSPS) is 12.6. The average molecular weight is 268 g/mol. The summed E-state index contributed by atoms with van der Waals surface area (Å²) >= 11 is 2.41. The highest BCUT2D eigenvalue weighted by atomic mass is 32.2. The number of ketones is 1. The van der Waals surface area contributed by atoms with E-state index in [1.165, 1.54) is 24.3 Å². The minimum Gasteiger partial charge on any atom is -0.507 e. The lowest BCUT2D eigenvalue weighted by Crippen LogP contribution is -2.09. The van der Waals surface area contributed by atoms with Crippen LogP contribution in [0.15, 0.2) is 34.9 Å². The van der Waals surface area contributed by atoms with Gasteiger partial charge in [0.1, 0.15) is 11.3 Å². The number of thiophene rings is 1. The van der Waals surface area contributed by atoms with E-state index in [-0.39, 0.29) is 11.3 Å². The van der Waals surface area contributed by atoms with Crippen LogP contribution in [-0.2, 0) is 9.59 Å². The monoisotopic (exact) mass is 268 g/mol. The fourth-order valence-corrected chi connectivity index (χ4v) is 2.23. The molecule has 90 valence electrons. The quantitative estimate of drug-likeness (QED) is 0.300. The zero-order valence-corrected chi connectivity index (χ0v) is 11.1. The van der Waals surface area contributed by atoms with Gasteiger partial charge in [-0.15, -0.1) is 11.3 Å². The molecule has 1 N–H and O–H groups in total. The third-order valence-corrected chi connectivity index (χ3v) is 3.36. The summed E-state index contributed by atoms with van der Waals surface area (Å²) in [6, 6.07) is 3.75. The molecule has 1 rings (SSSR count). The number of rotatable bonds is 4. The topological polar surface area (TPSA) is 54.4 Å². The van der Waals surface area contributed by atoms with Gasteiger partial charge in [-0.2, -0.15) is 0 Å². The molecule has 1 aromatic rings. The van der Waals surface area contributed by atoms with E-state index < -0.39 is 10.9 Å². The van der Waals surface area contributed by atoms with Gasteiger partial charge in [0.25, 0.3) is 0 Å². The van der Waals surface area contributed by atoms with Gasteiger partial charge < -0.3 is 5.11 Å². The summed E-state index contributed by atoms with van der Waals surface area (Å²) < 4.78 is 0. The van der Waals surface area contributed by atoms with Crippen LogP contribution in [0.5, 0.6) is 0 Å². The SMILES string of the molecule is CSC(=O)/C(C(C)=O)=C(O)\C=C\c1cccs1. The highest BCUT2D eigenvalue weighted by Gasteiger charge is 2.17. The lowest BCUT2D eigenvalue weighted by atomic mass is 10.1. The second-order valence-electron chi connectivity index (χ2n) is 3.16. The molecule has 0 saturated heterocycles. The maximum Gasteiger partial charge on any atom is 0.226 e. The summed E-state index contributed by atoms with van der Waals surface area (Å²) in [6.45, 7) is 1.26. The van der Waals surface area contributed by atoms with E-state index in [1.807, 2.05) is 17.5 Å². The fourth-order valence-electron chi connectivity index (χ4n) is 1.16. The molecule has 0 saturated carbocycles. The fraction of sp³-hybridized carbons (Fsp3) is 0.167. The van der Waals surface area contributed by atoms with E-state index in [0.717, 1.165) is 16.6 Å². The summed E-state index contributed by atoms with van der Waals surface area (Å²) in [5.74, 6) is -0.720. The Labute approximate surface area is 108 Å². The number of Topliss-reactive ketones (excluding diaryl/α,β-unsaturated/α-hetero) is 1. The zero-order valence-electron chi connectivity index (χ0n) is 9.47. The summed E-state index contributed by atoms with van der Waals surface area (Å²) in [7, 11) is 0. The van der Waals surface area contributed by atoms with E-state index in [2.05, 4.69) is 0 Å². The van der Waals surface area contributed by atoms with Gasteiger partial charge >= 0.3 is 0 Å². The van der Waals surface area contributed by atoms with Gasteiger partial charge in [0.2, 0.25) is 5.12 Å². The number of hydrogen-bond acceptors (Lipinski definition) is 5. The molecule has 1 heterocycles. The van der Waals surface area contributed by atoms with E-state index in [4.69, 9.17) is 0 Å². The zero-order chi connectivity index (χ0) is 12.8. The Morgan fingerprint density at radius 2 is 2.18 bits per heavy atom. The molecule has 3 nitrogen and oxygen atoms in total. The van der Waals surface area contributed by atoms with E-state index in [1.54, 1.807) is 12.3 Å². The molecule has 0 amide bonds. The molecule has 0 radical (unpaired) electrons. The van der Waals surface area contributed by atoms with Gasteiger partial charge in [0.15, 0.2) is 5.78 Å². The smallest absolute Gasteiger partial charge is 0.226 e. The van der Waals surface area contributed by atoms with Crippen molar-refractivity contribution in [3.63, 3.8) is 0 Å². The molecule has 0 spiro atoms. The van der Waals surface area contributed by atoms with Crippen LogP contribution in [0.1, 0.15) is 11.8 Å². The van der Waals surface area contributed by atoms with Crippen molar-refractivity contribution in [3.8, 4) is 0 Å². The van der Waals surface area contributed by atoms with Crippen molar-refractivity contribution in [3.05, 3.63) is 39.8 Å². The number of carbonyl (C=O) groups is 2. The molecule has 17 heavy (non-hydrogen) atoms. The van der Waals surface area contributed by atoms with Crippen molar-refractivity contribution < 1.29 is 14.7 Å². The minimum absolute atomic E-state index is 0.162. The first-order chi connectivity index (χ1) is 8.06. The summed E-state index contributed by atoms with van der Waals surface area (Å²) in [4.78, 5) is 23.7. The lowest BCUT2D eigenvalue weighted by molar-refractivity contribution is -0.117. The van der Waals surface area contributed by atoms with Crippen molar-refractivity contribution >= 4 is 40.1 Å². The number of carbonyl (C=O) groups excluding carboxylic acids is 2. The van der Waals surface area contributed by atoms with Crippen LogP contribution in [0.4, 0.5) is 0 Å². The minimum atomic E-state index is -0.433. The maximum atomic E-state index is 11.4. The van der Waals surface area contributed by atoms with Crippen molar-refractivity contribution in [2.24, 2.45) is 0 Å². The van der Waals surface area contributed by atoms with E-state index >= 15 is 0 Å². The Morgan fingerprint density at radius 1 is 1.47 bits per heavy atom.